The summed E-state index contributed by atoms with van der Waals surface area (Å²) < 4.78 is 0. The van der Waals surface area contributed by atoms with E-state index < -0.39 is 0 Å². The molecule has 0 unspecified atom stereocenters. The quantitative estimate of drug-likeness (QED) is 0.763. The Hall–Kier alpha value is -1.28. The minimum Gasteiger partial charge on any atom is -0.361 e. The zero-order valence-electron chi connectivity index (χ0n) is 8.46. The van der Waals surface area contributed by atoms with Gasteiger partial charge in [-0.3, -0.25) is 0 Å². The molecule has 0 aliphatic heterocycles. The maximum atomic E-state index is 5.75. The van der Waals surface area contributed by atoms with Gasteiger partial charge < -0.3 is 10.7 Å². The maximum absolute atomic E-state index is 5.75. The molecule has 2 rings (SSSR count). The van der Waals surface area contributed by atoms with Crippen LogP contribution in [0.5, 0.6) is 0 Å². The monoisotopic (exact) mass is 188 g/mol. The van der Waals surface area contributed by atoms with Crippen LogP contribution in [0.15, 0.2) is 30.5 Å². The SMILES string of the molecule is C[C@@H](N)CCc1cccc2cc[nH]c12. The van der Waals surface area contributed by atoms with Crippen LogP contribution in [0.4, 0.5) is 0 Å². The Balaban J connectivity index is 2.27. The number of aromatic nitrogens is 1. The van der Waals surface area contributed by atoms with E-state index >= 15 is 0 Å². The minimum atomic E-state index is 0.278. The molecule has 14 heavy (non-hydrogen) atoms. The first-order chi connectivity index (χ1) is 6.77. The van der Waals surface area contributed by atoms with Crippen molar-refractivity contribution >= 4 is 10.9 Å². The molecule has 3 N–H and O–H groups in total. The van der Waals surface area contributed by atoms with E-state index in [2.05, 4.69) is 36.2 Å². The number of nitrogens with one attached hydrogen (secondary N) is 1. The second kappa shape index (κ2) is 3.84. The van der Waals surface area contributed by atoms with E-state index in [4.69, 9.17) is 5.73 Å². The molecular formula is C12H16N2. The molecule has 2 aromatic rings. The molecule has 1 atom stereocenters. The molecule has 0 radical (unpaired) electrons. The number of rotatable bonds is 3. The van der Waals surface area contributed by atoms with E-state index in [1.807, 2.05) is 6.20 Å². The van der Waals surface area contributed by atoms with Gasteiger partial charge in [0.15, 0.2) is 0 Å². The number of para-hydroxylation sites is 1. The van der Waals surface area contributed by atoms with Crippen molar-refractivity contribution in [2.24, 2.45) is 5.73 Å². The summed E-state index contributed by atoms with van der Waals surface area (Å²) in [4.78, 5) is 3.27. The molecule has 1 heterocycles. The van der Waals surface area contributed by atoms with Crippen LogP contribution < -0.4 is 5.73 Å². The van der Waals surface area contributed by atoms with Gasteiger partial charge in [0.2, 0.25) is 0 Å². The van der Waals surface area contributed by atoms with E-state index in [-0.39, 0.29) is 6.04 Å². The highest BCUT2D eigenvalue weighted by atomic mass is 14.7. The molecule has 1 aromatic carbocycles. The smallest absolute Gasteiger partial charge is 0.0486 e. The predicted molar refractivity (Wildman–Crippen MR) is 60.3 cm³/mol. The van der Waals surface area contributed by atoms with Crippen LogP contribution in [0.1, 0.15) is 18.9 Å². The first-order valence-electron chi connectivity index (χ1n) is 5.08. The van der Waals surface area contributed by atoms with Gasteiger partial charge in [0.05, 0.1) is 0 Å². The average Bonchev–Trinajstić information content (AvgIpc) is 2.62. The fourth-order valence-electron chi connectivity index (χ4n) is 1.74. The van der Waals surface area contributed by atoms with Crippen molar-refractivity contribution in [2.45, 2.75) is 25.8 Å². The molecule has 0 spiro atoms. The van der Waals surface area contributed by atoms with Gasteiger partial charge in [0.1, 0.15) is 0 Å². The fraction of sp³-hybridized carbons (Fsp3) is 0.333. The summed E-state index contributed by atoms with van der Waals surface area (Å²) in [5.74, 6) is 0. The number of fused-ring (bicyclic) bond motifs is 1. The van der Waals surface area contributed by atoms with E-state index in [9.17, 15) is 0 Å². The minimum absolute atomic E-state index is 0.278. The third-order valence-corrected chi connectivity index (χ3v) is 2.54. The number of H-pyrrole nitrogens is 1. The lowest BCUT2D eigenvalue weighted by molar-refractivity contribution is 0.667. The molecule has 0 bridgehead atoms. The standard InChI is InChI=1S/C12H16N2/c1-9(13)5-6-10-3-2-4-11-7-8-14-12(10)11/h2-4,7-9,14H,5-6,13H2,1H3/t9-/m1/s1. The van der Waals surface area contributed by atoms with Crippen molar-refractivity contribution < 1.29 is 0 Å². The van der Waals surface area contributed by atoms with Crippen LogP contribution in [0, 0.1) is 0 Å². The predicted octanol–water partition coefficient (Wildman–Crippen LogP) is 2.45. The molecule has 1 aromatic heterocycles. The Kier molecular flexibility index (Phi) is 2.55. The molecule has 0 saturated carbocycles. The Labute approximate surface area is 84.1 Å². The number of aryl methyl sites for hydroxylation is 1. The van der Waals surface area contributed by atoms with Crippen molar-refractivity contribution in [1.29, 1.82) is 0 Å². The van der Waals surface area contributed by atoms with Crippen LogP contribution >= 0.6 is 0 Å². The molecule has 0 amide bonds. The summed E-state index contributed by atoms with van der Waals surface area (Å²) in [5.41, 5.74) is 8.37. The Bertz CT molecular complexity index is 415. The molecule has 0 aliphatic carbocycles. The lowest BCUT2D eigenvalue weighted by Crippen LogP contribution is -2.15. The zero-order valence-corrected chi connectivity index (χ0v) is 8.46. The van der Waals surface area contributed by atoms with Crippen LogP contribution in [0.2, 0.25) is 0 Å². The van der Waals surface area contributed by atoms with Gasteiger partial charge in [-0.15, -0.1) is 0 Å². The van der Waals surface area contributed by atoms with Gasteiger partial charge in [-0.2, -0.15) is 0 Å². The van der Waals surface area contributed by atoms with Gasteiger partial charge in [-0.25, -0.2) is 0 Å². The number of nitrogens with two attached hydrogens (primary N) is 1. The summed E-state index contributed by atoms with van der Waals surface area (Å²) >= 11 is 0. The summed E-state index contributed by atoms with van der Waals surface area (Å²) in [5, 5.41) is 1.28. The van der Waals surface area contributed by atoms with Gasteiger partial charge in [0.25, 0.3) is 0 Å². The van der Waals surface area contributed by atoms with Gasteiger partial charge in [0, 0.05) is 17.8 Å². The highest BCUT2D eigenvalue weighted by Gasteiger charge is 2.02. The molecule has 74 valence electrons. The number of aromatic amines is 1. The highest BCUT2D eigenvalue weighted by Crippen LogP contribution is 2.18. The van der Waals surface area contributed by atoms with Crippen molar-refractivity contribution in [3.63, 3.8) is 0 Å². The first kappa shape index (κ1) is 9.28. The molecule has 0 saturated heterocycles. The van der Waals surface area contributed by atoms with E-state index in [1.54, 1.807) is 0 Å². The third-order valence-electron chi connectivity index (χ3n) is 2.54. The van der Waals surface area contributed by atoms with Crippen LogP contribution in [-0.2, 0) is 6.42 Å². The highest BCUT2D eigenvalue weighted by molar-refractivity contribution is 5.82. The second-order valence-corrected chi connectivity index (χ2v) is 3.87. The van der Waals surface area contributed by atoms with Gasteiger partial charge >= 0.3 is 0 Å². The lowest BCUT2D eigenvalue weighted by atomic mass is 10.0. The molecule has 2 nitrogen and oxygen atoms in total. The summed E-state index contributed by atoms with van der Waals surface area (Å²) in [6.07, 6.45) is 4.08. The lowest BCUT2D eigenvalue weighted by Gasteiger charge is -2.05. The Morgan fingerprint density at radius 1 is 1.36 bits per heavy atom. The van der Waals surface area contributed by atoms with E-state index in [0.717, 1.165) is 12.8 Å². The normalized spacial score (nSPS) is 13.3. The number of hydrogen-bond acceptors (Lipinski definition) is 1. The Morgan fingerprint density at radius 2 is 2.21 bits per heavy atom. The van der Waals surface area contributed by atoms with E-state index in [1.165, 1.54) is 16.5 Å². The molecule has 2 heteroatoms. The van der Waals surface area contributed by atoms with Gasteiger partial charge in [-0.1, -0.05) is 18.2 Å². The summed E-state index contributed by atoms with van der Waals surface area (Å²) in [6.45, 7) is 2.05. The maximum Gasteiger partial charge on any atom is 0.0486 e. The fourth-order valence-corrected chi connectivity index (χ4v) is 1.74. The largest absolute Gasteiger partial charge is 0.361 e. The molecular weight excluding hydrogens is 172 g/mol. The molecule has 0 fully saturated rings. The van der Waals surface area contributed by atoms with Crippen LogP contribution in [0.3, 0.4) is 0 Å². The van der Waals surface area contributed by atoms with Crippen molar-refractivity contribution in [2.75, 3.05) is 0 Å². The van der Waals surface area contributed by atoms with Crippen molar-refractivity contribution in [3.05, 3.63) is 36.0 Å². The third kappa shape index (κ3) is 1.80. The average molecular weight is 188 g/mol. The summed E-state index contributed by atoms with van der Waals surface area (Å²) in [7, 11) is 0. The van der Waals surface area contributed by atoms with Gasteiger partial charge in [-0.05, 0) is 36.8 Å². The van der Waals surface area contributed by atoms with Crippen molar-refractivity contribution in [1.82, 2.24) is 4.98 Å². The van der Waals surface area contributed by atoms with E-state index in [0.29, 0.717) is 0 Å². The number of benzene rings is 1. The first-order valence-corrected chi connectivity index (χ1v) is 5.08. The zero-order chi connectivity index (χ0) is 9.97. The van der Waals surface area contributed by atoms with Crippen molar-refractivity contribution in [3.8, 4) is 0 Å². The summed E-state index contributed by atoms with van der Waals surface area (Å²) in [6, 6.07) is 8.78. The Morgan fingerprint density at radius 3 is 3.00 bits per heavy atom. The van der Waals surface area contributed by atoms with Crippen LogP contribution in [0.25, 0.3) is 10.9 Å². The topological polar surface area (TPSA) is 41.8 Å². The second-order valence-electron chi connectivity index (χ2n) is 3.87. The van der Waals surface area contributed by atoms with Crippen LogP contribution in [-0.4, -0.2) is 11.0 Å². The number of hydrogen-bond donors (Lipinski definition) is 2. The molecule has 0 aliphatic rings.